The summed E-state index contributed by atoms with van der Waals surface area (Å²) in [5, 5.41) is 3.87. The Morgan fingerprint density at radius 2 is 1.90 bits per heavy atom. The number of piperidine rings is 1. The summed E-state index contributed by atoms with van der Waals surface area (Å²) in [4.78, 5) is 30.3. The lowest BCUT2D eigenvalue weighted by Crippen LogP contribution is -2.47. The van der Waals surface area contributed by atoms with Crippen LogP contribution in [0, 0.1) is 13.8 Å². The fraction of sp³-hybridized carbons (Fsp3) is 0.476. The van der Waals surface area contributed by atoms with Gasteiger partial charge >= 0.3 is 6.09 Å². The summed E-state index contributed by atoms with van der Waals surface area (Å²) < 4.78 is 7.04. The number of benzene rings is 1. The Bertz CT molecular complexity index is 839. The van der Waals surface area contributed by atoms with E-state index in [1.807, 2.05) is 10.8 Å². The largest absolute Gasteiger partial charge is 0.450 e. The Balaban J connectivity index is 1.50. The number of aromatic nitrogens is 2. The van der Waals surface area contributed by atoms with Crippen LogP contribution in [0.25, 0.3) is 5.69 Å². The SMILES string of the molecule is CCOC(=O)N1CCC(NC(=O)CSc2nccn2-c2cc(C)cc(C)c2)CC1. The van der Waals surface area contributed by atoms with Gasteiger partial charge in [0.2, 0.25) is 5.91 Å². The molecule has 1 aromatic carbocycles. The molecule has 0 spiro atoms. The monoisotopic (exact) mass is 416 g/mol. The summed E-state index contributed by atoms with van der Waals surface area (Å²) in [6, 6.07) is 6.44. The van der Waals surface area contributed by atoms with E-state index in [0.29, 0.717) is 25.4 Å². The van der Waals surface area contributed by atoms with Crippen molar-refractivity contribution >= 4 is 23.8 Å². The van der Waals surface area contributed by atoms with Crippen LogP contribution in [0.2, 0.25) is 0 Å². The minimum atomic E-state index is -0.272. The van der Waals surface area contributed by atoms with Gasteiger partial charge in [-0.1, -0.05) is 17.8 Å². The fourth-order valence-corrected chi connectivity index (χ4v) is 4.29. The van der Waals surface area contributed by atoms with Gasteiger partial charge in [-0.3, -0.25) is 9.36 Å². The Morgan fingerprint density at radius 3 is 2.55 bits per heavy atom. The maximum Gasteiger partial charge on any atom is 0.409 e. The lowest BCUT2D eigenvalue weighted by molar-refractivity contribution is -0.119. The van der Waals surface area contributed by atoms with Gasteiger partial charge in [-0.2, -0.15) is 0 Å². The third-order valence-corrected chi connectivity index (χ3v) is 5.78. The van der Waals surface area contributed by atoms with Crippen molar-refractivity contribution in [3.8, 4) is 5.69 Å². The molecule has 3 rings (SSSR count). The molecule has 0 saturated carbocycles. The first-order valence-electron chi connectivity index (χ1n) is 9.92. The molecule has 7 nitrogen and oxygen atoms in total. The van der Waals surface area contributed by atoms with E-state index in [0.717, 1.165) is 23.7 Å². The molecular formula is C21H28N4O3S. The molecule has 0 aliphatic carbocycles. The number of nitrogens with zero attached hydrogens (tertiary/aromatic N) is 3. The number of hydrogen-bond acceptors (Lipinski definition) is 5. The molecule has 0 radical (unpaired) electrons. The van der Waals surface area contributed by atoms with Gasteiger partial charge in [0.05, 0.1) is 12.4 Å². The molecule has 1 fully saturated rings. The van der Waals surface area contributed by atoms with Crippen molar-refractivity contribution in [2.45, 2.75) is 44.8 Å². The number of aryl methyl sites for hydroxylation is 2. The highest BCUT2D eigenvalue weighted by Gasteiger charge is 2.24. The minimum Gasteiger partial charge on any atom is -0.450 e. The summed E-state index contributed by atoms with van der Waals surface area (Å²) in [5.74, 6) is 0.291. The summed E-state index contributed by atoms with van der Waals surface area (Å²) in [6.07, 6.45) is 4.88. The van der Waals surface area contributed by atoms with Crippen LogP contribution >= 0.6 is 11.8 Å². The number of thioether (sulfide) groups is 1. The molecule has 1 aliphatic heterocycles. The average Bonchev–Trinajstić information content (AvgIpc) is 3.15. The van der Waals surface area contributed by atoms with E-state index in [1.54, 1.807) is 18.0 Å². The van der Waals surface area contributed by atoms with Gasteiger partial charge in [0.25, 0.3) is 0 Å². The van der Waals surface area contributed by atoms with E-state index in [4.69, 9.17) is 4.74 Å². The predicted molar refractivity (Wildman–Crippen MR) is 114 cm³/mol. The average molecular weight is 417 g/mol. The van der Waals surface area contributed by atoms with Crippen molar-refractivity contribution in [1.82, 2.24) is 19.8 Å². The summed E-state index contributed by atoms with van der Waals surface area (Å²) in [6.45, 7) is 7.53. The topological polar surface area (TPSA) is 76.5 Å². The number of likely N-dealkylation sites (tertiary alicyclic amines) is 1. The van der Waals surface area contributed by atoms with Crippen LogP contribution in [0.4, 0.5) is 4.79 Å². The molecule has 0 atom stereocenters. The van der Waals surface area contributed by atoms with Gasteiger partial charge in [0.1, 0.15) is 0 Å². The third-order valence-electron chi connectivity index (χ3n) is 4.81. The number of imidazole rings is 1. The molecule has 0 bridgehead atoms. The Hall–Kier alpha value is -2.48. The van der Waals surface area contributed by atoms with E-state index in [2.05, 4.69) is 42.3 Å². The molecule has 2 heterocycles. The van der Waals surface area contributed by atoms with Gasteiger partial charge in [0.15, 0.2) is 5.16 Å². The van der Waals surface area contributed by atoms with Gasteiger partial charge in [-0.05, 0) is 56.9 Å². The van der Waals surface area contributed by atoms with Crippen molar-refractivity contribution in [2.24, 2.45) is 0 Å². The first kappa shape index (κ1) is 21.2. The number of ether oxygens (including phenoxy) is 1. The van der Waals surface area contributed by atoms with Crippen molar-refractivity contribution < 1.29 is 14.3 Å². The molecule has 1 aromatic heterocycles. The molecule has 2 amide bonds. The van der Waals surface area contributed by atoms with Gasteiger partial charge in [0, 0.05) is 37.2 Å². The number of rotatable bonds is 6. The van der Waals surface area contributed by atoms with Crippen molar-refractivity contribution in [2.75, 3.05) is 25.4 Å². The second kappa shape index (κ2) is 9.82. The highest BCUT2D eigenvalue weighted by molar-refractivity contribution is 7.99. The third kappa shape index (κ3) is 5.76. The van der Waals surface area contributed by atoms with Gasteiger partial charge in [-0.25, -0.2) is 9.78 Å². The molecule has 1 aliphatic rings. The van der Waals surface area contributed by atoms with Crippen LogP contribution in [-0.2, 0) is 9.53 Å². The highest BCUT2D eigenvalue weighted by atomic mass is 32.2. The molecule has 1 saturated heterocycles. The van der Waals surface area contributed by atoms with Gasteiger partial charge in [-0.15, -0.1) is 0 Å². The standard InChI is InChI=1S/C21H28N4O3S/c1-4-28-21(27)24-8-5-17(6-9-24)23-19(26)14-29-20-22-7-10-25(20)18-12-15(2)11-16(3)13-18/h7,10-13,17H,4-6,8-9,14H2,1-3H3,(H,23,26). The van der Waals surface area contributed by atoms with Crippen molar-refractivity contribution in [3.05, 3.63) is 41.7 Å². The van der Waals surface area contributed by atoms with E-state index in [-0.39, 0.29) is 18.0 Å². The van der Waals surface area contributed by atoms with Crippen LogP contribution in [-0.4, -0.2) is 57.9 Å². The van der Waals surface area contributed by atoms with Crippen LogP contribution in [0.15, 0.2) is 35.7 Å². The molecule has 2 aromatic rings. The summed E-state index contributed by atoms with van der Waals surface area (Å²) in [7, 11) is 0. The zero-order valence-corrected chi connectivity index (χ0v) is 18.0. The van der Waals surface area contributed by atoms with E-state index in [1.165, 1.54) is 22.9 Å². The molecule has 0 unspecified atom stereocenters. The first-order valence-corrected chi connectivity index (χ1v) is 10.9. The lowest BCUT2D eigenvalue weighted by Gasteiger charge is -2.31. The molecule has 156 valence electrons. The zero-order valence-electron chi connectivity index (χ0n) is 17.2. The second-order valence-electron chi connectivity index (χ2n) is 7.24. The van der Waals surface area contributed by atoms with E-state index >= 15 is 0 Å². The van der Waals surface area contributed by atoms with Crippen LogP contribution in [0.1, 0.15) is 30.9 Å². The Kier molecular flexibility index (Phi) is 7.19. The normalized spacial score (nSPS) is 14.7. The first-order chi connectivity index (χ1) is 14.0. The molecule has 8 heteroatoms. The van der Waals surface area contributed by atoms with Crippen LogP contribution in [0.3, 0.4) is 0 Å². The highest BCUT2D eigenvalue weighted by Crippen LogP contribution is 2.22. The summed E-state index contributed by atoms with van der Waals surface area (Å²) >= 11 is 1.42. The quantitative estimate of drug-likeness (QED) is 0.731. The van der Waals surface area contributed by atoms with E-state index < -0.39 is 0 Å². The zero-order chi connectivity index (χ0) is 20.8. The van der Waals surface area contributed by atoms with E-state index in [9.17, 15) is 9.59 Å². The number of amides is 2. The predicted octanol–water partition coefficient (Wildman–Crippen LogP) is 3.32. The van der Waals surface area contributed by atoms with Crippen molar-refractivity contribution in [1.29, 1.82) is 0 Å². The summed E-state index contributed by atoms with van der Waals surface area (Å²) in [5.41, 5.74) is 3.43. The second-order valence-corrected chi connectivity index (χ2v) is 8.18. The van der Waals surface area contributed by atoms with Crippen LogP contribution < -0.4 is 5.32 Å². The number of carbonyl (C=O) groups excluding carboxylic acids is 2. The fourth-order valence-electron chi connectivity index (χ4n) is 3.50. The maximum absolute atomic E-state index is 12.4. The minimum absolute atomic E-state index is 0.0143. The number of nitrogens with one attached hydrogen (secondary N) is 1. The molecular weight excluding hydrogens is 388 g/mol. The number of hydrogen-bond donors (Lipinski definition) is 1. The Labute approximate surface area is 175 Å². The van der Waals surface area contributed by atoms with Crippen molar-refractivity contribution in [3.63, 3.8) is 0 Å². The smallest absolute Gasteiger partial charge is 0.409 e. The molecule has 1 N–H and O–H groups in total. The van der Waals surface area contributed by atoms with Crippen LogP contribution in [0.5, 0.6) is 0 Å². The number of carbonyl (C=O) groups is 2. The Morgan fingerprint density at radius 1 is 1.21 bits per heavy atom. The lowest BCUT2D eigenvalue weighted by atomic mass is 10.1. The molecule has 29 heavy (non-hydrogen) atoms. The maximum atomic E-state index is 12.4. The van der Waals surface area contributed by atoms with Gasteiger partial charge < -0.3 is 15.0 Å².